The number of aromatic nitrogens is 2. The number of fused-ring (bicyclic) bond motifs is 1. The molecule has 0 saturated heterocycles. The third-order valence-electron chi connectivity index (χ3n) is 6.59. The van der Waals surface area contributed by atoms with Crippen LogP contribution in [0.25, 0.3) is 0 Å². The molecule has 1 aliphatic heterocycles. The lowest BCUT2D eigenvalue weighted by molar-refractivity contribution is -0.137. The van der Waals surface area contributed by atoms with Gasteiger partial charge >= 0.3 is 11.8 Å². The van der Waals surface area contributed by atoms with Gasteiger partial charge in [0.2, 0.25) is 5.91 Å². The minimum Gasteiger partial charge on any atom is -0.349 e. The first-order valence-corrected chi connectivity index (χ1v) is 13.2. The van der Waals surface area contributed by atoms with Crippen molar-refractivity contribution in [1.82, 2.24) is 30.4 Å². The Morgan fingerprint density at radius 1 is 1.14 bits per heavy atom. The smallest absolute Gasteiger partial charge is 0.314 e. The maximum atomic E-state index is 13.2. The third kappa shape index (κ3) is 6.43. The molecule has 2 aliphatic rings. The van der Waals surface area contributed by atoms with Crippen molar-refractivity contribution in [2.45, 2.75) is 44.3 Å². The second kappa shape index (κ2) is 11.5. The Morgan fingerprint density at radius 2 is 1.92 bits per heavy atom. The van der Waals surface area contributed by atoms with E-state index in [2.05, 4.69) is 30.8 Å². The van der Waals surface area contributed by atoms with Gasteiger partial charge in [0.15, 0.2) is 10.8 Å². The number of nitrogens with zero attached hydrogens (tertiary/aromatic N) is 4. The largest absolute Gasteiger partial charge is 0.349 e. The number of rotatable bonds is 5. The van der Waals surface area contributed by atoms with Crippen LogP contribution in [0.3, 0.4) is 0 Å². The van der Waals surface area contributed by atoms with Gasteiger partial charge in [0.05, 0.1) is 16.8 Å². The van der Waals surface area contributed by atoms with Crippen LogP contribution in [0.5, 0.6) is 0 Å². The lowest BCUT2D eigenvalue weighted by Gasteiger charge is -2.37. The topological polar surface area (TPSA) is 137 Å². The zero-order valence-corrected chi connectivity index (χ0v) is 22.5. The number of halogens is 1. The monoisotopic (exact) mass is 547 g/mol. The summed E-state index contributed by atoms with van der Waals surface area (Å²) in [6.45, 7) is 1.63. The molecule has 0 radical (unpaired) electrons. The summed E-state index contributed by atoms with van der Waals surface area (Å²) >= 11 is 7.38. The number of nitrogens with one attached hydrogen (secondary N) is 3. The van der Waals surface area contributed by atoms with E-state index < -0.39 is 23.9 Å². The van der Waals surface area contributed by atoms with Crippen molar-refractivity contribution >= 4 is 52.4 Å². The van der Waals surface area contributed by atoms with Crippen molar-refractivity contribution in [3.8, 4) is 0 Å². The van der Waals surface area contributed by atoms with Crippen LogP contribution in [-0.4, -0.2) is 83.2 Å². The first kappa shape index (κ1) is 27.0. The molecule has 13 heteroatoms. The standard InChI is InChI=1S/C24H30ClN7O4S/c1-31(2)24(36)13-6-7-15(27-20(33)21(34)30-19-14(25)5-4-9-26-19)17(11-13)28-22(35)23-29-16-8-10-32(3)12-18(16)37-23/h4-5,9,13,15,17H,6-8,10-12H2,1-3H3,(H,27,33)(H,28,35)(H,26,30,34). The van der Waals surface area contributed by atoms with E-state index in [-0.39, 0.29) is 28.6 Å². The molecule has 198 valence electrons. The van der Waals surface area contributed by atoms with E-state index in [1.165, 1.54) is 22.4 Å². The fourth-order valence-electron chi connectivity index (χ4n) is 4.62. The van der Waals surface area contributed by atoms with Gasteiger partial charge in [-0.1, -0.05) is 11.6 Å². The van der Waals surface area contributed by atoms with Crippen molar-refractivity contribution in [2.24, 2.45) is 5.92 Å². The van der Waals surface area contributed by atoms with E-state index in [1.807, 2.05) is 7.05 Å². The Balaban J connectivity index is 1.47. The molecule has 3 N–H and O–H groups in total. The zero-order valence-electron chi connectivity index (χ0n) is 20.9. The summed E-state index contributed by atoms with van der Waals surface area (Å²) in [5.41, 5.74) is 0.937. The summed E-state index contributed by atoms with van der Waals surface area (Å²) in [4.78, 5) is 64.3. The molecule has 1 saturated carbocycles. The average Bonchev–Trinajstić information content (AvgIpc) is 3.29. The minimum absolute atomic E-state index is 0.0423. The normalized spacial score (nSPS) is 21.5. The van der Waals surface area contributed by atoms with Crippen LogP contribution in [0.4, 0.5) is 5.82 Å². The predicted octanol–water partition coefficient (Wildman–Crippen LogP) is 1.29. The fraction of sp³-hybridized carbons (Fsp3) is 0.500. The molecule has 2 aromatic rings. The zero-order chi connectivity index (χ0) is 26.7. The van der Waals surface area contributed by atoms with Crippen molar-refractivity contribution < 1.29 is 19.2 Å². The van der Waals surface area contributed by atoms with Crippen LogP contribution in [0.2, 0.25) is 5.02 Å². The van der Waals surface area contributed by atoms with E-state index in [0.29, 0.717) is 24.3 Å². The summed E-state index contributed by atoms with van der Waals surface area (Å²) in [5, 5.41) is 8.66. The molecule has 3 atom stereocenters. The second-order valence-electron chi connectivity index (χ2n) is 9.57. The molecule has 4 rings (SSSR count). The van der Waals surface area contributed by atoms with Crippen LogP contribution in [0.15, 0.2) is 18.3 Å². The van der Waals surface area contributed by atoms with Crippen molar-refractivity contribution in [3.05, 3.63) is 38.9 Å². The molecule has 11 nitrogen and oxygen atoms in total. The van der Waals surface area contributed by atoms with Gasteiger partial charge in [-0.3, -0.25) is 19.2 Å². The molecule has 37 heavy (non-hydrogen) atoms. The van der Waals surface area contributed by atoms with Gasteiger partial charge in [0.1, 0.15) is 0 Å². The highest BCUT2D eigenvalue weighted by atomic mass is 35.5. The number of likely N-dealkylation sites (N-methyl/N-ethyl adjacent to an activating group) is 1. The maximum Gasteiger partial charge on any atom is 0.314 e. The van der Waals surface area contributed by atoms with Crippen LogP contribution >= 0.6 is 22.9 Å². The van der Waals surface area contributed by atoms with Gasteiger partial charge in [-0.2, -0.15) is 0 Å². The molecule has 0 bridgehead atoms. The van der Waals surface area contributed by atoms with Crippen LogP contribution in [-0.2, 0) is 27.3 Å². The predicted molar refractivity (Wildman–Crippen MR) is 139 cm³/mol. The van der Waals surface area contributed by atoms with Crippen LogP contribution < -0.4 is 16.0 Å². The number of hydrogen-bond acceptors (Lipinski definition) is 8. The molecular formula is C24H30ClN7O4S. The summed E-state index contributed by atoms with van der Waals surface area (Å²) in [5.74, 6) is -2.43. The van der Waals surface area contributed by atoms with Crippen LogP contribution in [0, 0.1) is 5.92 Å². The highest BCUT2D eigenvalue weighted by molar-refractivity contribution is 7.13. The third-order valence-corrected chi connectivity index (χ3v) is 7.97. The van der Waals surface area contributed by atoms with Crippen LogP contribution in [0.1, 0.15) is 39.6 Å². The number of anilines is 1. The van der Waals surface area contributed by atoms with Gasteiger partial charge in [-0.05, 0) is 38.4 Å². The number of thiazole rings is 1. The average molecular weight is 548 g/mol. The van der Waals surface area contributed by atoms with Gasteiger partial charge < -0.3 is 25.8 Å². The van der Waals surface area contributed by atoms with Crippen molar-refractivity contribution in [2.75, 3.05) is 33.0 Å². The number of amides is 4. The highest BCUT2D eigenvalue weighted by Gasteiger charge is 2.37. The first-order valence-electron chi connectivity index (χ1n) is 12.0. The number of carbonyl (C=O) groups excluding carboxylic acids is 4. The number of hydrogen-bond donors (Lipinski definition) is 3. The fourth-order valence-corrected chi connectivity index (χ4v) is 5.88. The summed E-state index contributed by atoms with van der Waals surface area (Å²) in [7, 11) is 5.40. The number of pyridine rings is 1. The van der Waals surface area contributed by atoms with Gasteiger partial charge in [-0.15, -0.1) is 11.3 Å². The molecule has 0 aromatic carbocycles. The molecule has 2 aromatic heterocycles. The van der Waals surface area contributed by atoms with Crippen molar-refractivity contribution in [1.29, 1.82) is 0 Å². The highest BCUT2D eigenvalue weighted by Crippen LogP contribution is 2.28. The molecule has 4 amide bonds. The van der Waals surface area contributed by atoms with E-state index in [1.54, 1.807) is 26.2 Å². The Kier molecular flexibility index (Phi) is 8.40. The van der Waals surface area contributed by atoms with Gasteiger partial charge in [0, 0.05) is 56.6 Å². The molecule has 1 aliphatic carbocycles. The first-order chi connectivity index (χ1) is 17.6. The Hall–Kier alpha value is -3.09. The van der Waals surface area contributed by atoms with E-state index >= 15 is 0 Å². The summed E-state index contributed by atoms with van der Waals surface area (Å²) < 4.78 is 0. The quantitative estimate of drug-likeness (QED) is 0.480. The molecular weight excluding hydrogens is 518 g/mol. The molecule has 3 unspecified atom stereocenters. The molecule has 1 fully saturated rings. The van der Waals surface area contributed by atoms with E-state index in [9.17, 15) is 19.2 Å². The molecule has 3 heterocycles. The Morgan fingerprint density at radius 3 is 2.65 bits per heavy atom. The lowest BCUT2D eigenvalue weighted by atomic mass is 9.81. The van der Waals surface area contributed by atoms with E-state index in [0.717, 1.165) is 30.1 Å². The second-order valence-corrected chi connectivity index (χ2v) is 11.1. The minimum atomic E-state index is -0.922. The van der Waals surface area contributed by atoms with Gasteiger partial charge in [0.25, 0.3) is 5.91 Å². The summed E-state index contributed by atoms with van der Waals surface area (Å²) in [6.07, 6.45) is 3.49. The Labute approximate surface area is 224 Å². The summed E-state index contributed by atoms with van der Waals surface area (Å²) in [6, 6.07) is 2.04. The van der Waals surface area contributed by atoms with Crippen molar-refractivity contribution in [3.63, 3.8) is 0 Å². The SMILES string of the molecule is CN1CCc2nc(C(=O)NC3CC(C(=O)N(C)C)CCC3NC(=O)C(=O)Nc3ncccc3Cl)sc2C1. The van der Waals surface area contributed by atoms with E-state index in [4.69, 9.17) is 11.6 Å². The molecule has 0 spiro atoms. The number of carbonyl (C=O) groups is 4. The maximum absolute atomic E-state index is 13.2. The lowest BCUT2D eigenvalue weighted by Crippen LogP contribution is -2.57. The Bertz CT molecular complexity index is 1200. The van der Waals surface area contributed by atoms with Gasteiger partial charge in [-0.25, -0.2) is 9.97 Å².